The fourth-order valence-electron chi connectivity index (χ4n) is 0.664. The predicted octanol–water partition coefficient (Wildman–Crippen LogP) is 1.07. The molecule has 1 aliphatic rings. The lowest BCUT2D eigenvalue weighted by molar-refractivity contribution is 1.34. The number of allylic oxidation sites excluding steroid dienone is 4. The van der Waals surface area contributed by atoms with Crippen LogP contribution in [0.2, 0.25) is 0 Å². The van der Waals surface area contributed by atoms with Crippen LogP contribution < -0.4 is 5.73 Å². The number of thiol groups is 1. The molecule has 0 saturated heterocycles. The second-order valence-corrected chi connectivity index (χ2v) is 2.00. The van der Waals surface area contributed by atoms with Gasteiger partial charge in [0.2, 0.25) is 0 Å². The Morgan fingerprint density at radius 1 is 1.67 bits per heavy atom. The Morgan fingerprint density at radius 3 is 2.89 bits per heavy atom. The van der Waals surface area contributed by atoms with Crippen LogP contribution in [0.4, 0.5) is 0 Å². The van der Waals surface area contributed by atoms with Crippen molar-refractivity contribution in [2.24, 2.45) is 10.1 Å². The summed E-state index contributed by atoms with van der Waals surface area (Å²) in [6, 6.07) is 0. The van der Waals surface area contributed by atoms with Gasteiger partial charge in [-0.1, -0.05) is 12.2 Å². The molecule has 0 fully saturated rings. The average molecular weight is 140 g/mol. The van der Waals surface area contributed by atoms with Gasteiger partial charge < -0.3 is 5.73 Å². The number of nitrogens with two attached hydrogens (primary N) is 1. The summed E-state index contributed by atoms with van der Waals surface area (Å²) < 4.78 is 3.70. The summed E-state index contributed by atoms with van der Waals surface area (Å²) in [5, 5.41) is 0. The third-order valence-corrected chi connectivity index (χ3v) is 1.42. The second kappa shape index (κ2) is 2.73. The summed E-state index contributed by atoms with van der Waals surface area (Å²) >= 11 is 3.76. The minimum Gasteiger partial charge on any atom is -0.397 e. The van der Waals surface area contributed by atoms with E-state index >= 15 is 0 Å². The van der Waals surface area contributed by atoms with E-state index in [0.717, 1.165) is 12.1 Å². The van der Waals surface area contributed by atoms with E-state index in [4.69, 9.17) is 5.73 Å². The van der Waals surface area contributed by atoms with Gasteiger partial charge in [0.25, 0.3) is 0 Å². The van der Waals surface area contributed by atoms with Crippen molar-refractivity contribution in [3.63, 3.8) is 0 Å². The maximum Gasteiger partial charge on any atom is 0.0750 e. The molecule has 3 heteroatoms. The van der Waals surface area contributed by atoms with Gasteiger partial charge >= 0.3 is 0 Å². The van der Waals surface area contributed by atoms with Crippen LogP contribution >= 0.6 is 12.8 Å². The summed E-state index contributed by atoms with van der Waals surface area (Å²) in [5.41, 5.74) is 7.08. The fraction of sp³-hybridized carbons (Fsp3) is 0.167. The standard InChI is InChI=1S/C6H8N2S/c7-5-3-1-2-4-6(5)8-9/h1-3,9H,4,7H2/b8-6+. The Labute approximate surface area is 59.7 Å². The highest BCUT2D eigenvalue weighted by Crippen LogP contribution is 2.04. The van der Waals surface area contributed by atoms with Gasteiger partial charge in [-0.15, -0.1) is 0 Å². The minimum atomic E-state index is 0.715. The fourth-order valence-corrected chi connectivity index (χ4v) is 0.861. The lowest BCUT2D eigenvalue weighted by atomic mass is 10.1. The average Bonchev–Trinajstić information content (AvgIpc) is 1.89. The molecule has 0 aromatic heterocycles. The molecular weight excluding hydrogens is 132 g/mol. The maximum atomic E-state index is 5.52. The Morgan fingerprint density at radius 2 is 2.44 bits per heavy atom. The minimum absolute atomic E-state index is 0.715. The Bertz CT molecular complexity index is 191. The molecule has 48 valence electrons. The van der Waals surface area contributed by atoms with Crippen LogP contribution in [0.5, 0.6) is 0 Å². The van der Waals surface area contributed by atoms with Gasteiger partial charge in [-0.05, 0) is 18.9 Å². The van der Waals surface area contributed by atoms with E-state index < -0.39 is 0 Å². The molecule has 0 saturated carbocycles. The van der Waals surface area contributed by atoms with Gasteiger partial charge in [-0.3, -0.25) is 0 Å². The highest BCUT2D eigenvalue weighted by molar-refractivity contribution is 7.79. The van der Waals surface area contributed by atoms with Gasteiger partial charge in [-0.2, -0.15) is 0 Å². The van der Waals surface area contributed by atoms with Crippen molar-refractivity contribution in [2.75, 3.05) is 0 Å². The topological polar surface area (TPSA) is 38.4 Å². The van der Waals surface area contributed by atoms with Crippen molar-refractivity contribution in [3.05, 3.63) is 23.9 Å². The molecular formula is C6H8N2S. The zero-order valence-corrected chi connectivity index (χ0v) is 5.81. The molecule has 0 atom stereocenters. The van der Waals surface area contributed by atoms with Gasteiger partial charge in [0.05, 0.1) is 11.4 Å². The molecule has 0 aromatic rings. The first-order chi connectivity index (χ1) is 4.34. The van der Waals surface area contributed by atoms with Crippen LogP contribution in [0.25, 0.3) is 0 Å². The number of nitrogens with zero attached hydrogens (tertiary/aromatic N) is 1. The summed E-state index contributed by atoms with van der Waals surface area (Å²) in [6.07, 6.45) is 6.52. The van der Waals surface area contributed by atoms with Crippen molar-refractivity contribution in [3.8, 4) is 0 Å². The summed E-state index contributed by atoms with van der Waals surface area (Å²) in [4.78, 5) is 0. The van der Waals surface area contributed by atoms with Crippen molar-refractivity contribution in [1.29, 1.82) is 0 Å². The predicted molar refractivity (Wildman–Crippen MR) is 42.4 cm³/mol. The first kappa shape index (κ1) is 6.42. The summed E-state index contributed by atoms with van der Waals surface area (Å²) in [6.45, 7) is 0. The van der Waals surface area contributed by atoms with E-state index in [1.54, 1.807) is 0 Å². The van der Waals surface area contributed by atoms with Crippen LogP contribution in [-0.4, -0.2) is 5.71 Å². The van der Waals surface area contributed by atoms with E-state index in [-0.39, 0.29) is 0 Å². The Kier molecular flexibility index (Phi) is 1.95. The first-order valence-corrected chi connectivity index (χ1v) is 3.08. The van der Waals surface area contributed by atoms with Crippen molar-refractivity contribution in [2.45, 2.75) is 6.42 Å². The van der Waals surface area contributed by atoms with Crippen LogP contribution in [0.15, 0.2) is 28.3 Å². The van der Waals surface area contributed by atoms with Gasteiger partial charge in [0, 0.05) is 6.42 Å². The number of hydrogen-bond donors (Lipinski definition) is 2. The van der Waals surface area contributed by atoms with E-state index in [1.165, 1.54) is 0 Å². The molecule has 0 bridgehead atoms. The first-order valence-electron chi connectivity index (χ1n) is 2.68. The summed E-state index contributed by atoms with van der Waals surface area (Å²) in [7, 11) is 0. The monoisotopic (exact) mass is 140 g/mol. The molecule has 1 rings (SSSR count). The van der Waals surface area contributed by atoms with Crippen LogP contribution in [0.1, 0.15) is 6.42 Å². The molecule has 9 heavy (non-hydrogen) atoms. The third-order valence-electron chi connectivity index (χ3n) is 1.18. The van der Waals surface area contributed by atoms with Crippen molar-refractivity contribution in [1.82, 2.24) is 0 Å². The molecule has 2 N–H and O–H groups in total. The molecule has 0 amide bonds. The number of rotatable bonds is 0. The van der Waals surface area contributed by atoms with E-state index in [0.29, 0.717) is 5.70 Å². The molecule has 0 aromatic carbocycles. The highest BCUT2D eigenvalue weighted by atomic mass is 32.1. The van der Waals surface area contributed by atoms with E-state index in [2.05, 4.69) is 17.2 Å². The molecule has 0 spiro atoms. The van der Waals surface area contributed by atoms with E-state index in [1.807, 2.05) is 18.2 Å². The van der Waals surface area contributed by atoms with Gasteiger partial charge in [-0.25, -0.2) is 4.40 Å². The zero-order valence-electron chi connectivity index (χ0n) is 4.91. The van der Waals surface area contributed by atoms with Crippen LogP contribution in [0, 0.1) is 0 Å². The third kappa shape index (κ3) is 1.36. The number of hydrogen-bond acceptors (Lipinski definition) is 3. The van der Waals surface area contributed by atoms with Crippen LogP contribution in [-0.2, 0) is 0 Å². The molecule has 0 aliphatic heterocycles. The van der Waals surface area contributed by atoms with Crippen molar-refractivity contribution >= 4 is 18.5 Å². The maximum absolute atomic E-state index is 5.52. The largest absolute Gasteiger partial charge is 0.397 e. The normalized spacial score (nSPS) is 22.3. The van der Waals surface area contributed by atoms with Crippen LogP contribution in [0.3, 0.4) is 0 Å². The zero-order chi connectivity index (χ0) is 6.69. The SMILES string of the molecule is NC1=CC=CC/C1=N\S. The molecule has 0 unspecified atom stereocenters. The Hall–Kier alpha value is -0.700. The lowest BCUT2D eigenvalue weighted by Crippen LogP contribution is -2.11. The van der Waals surface area contributed by atoms with Crippen molar-refractivity contribution < 1.29 is 0 Å². The molecule has 2 nitrogen and oxygen atoms in total. The highest BCUT2D eigenvalue weighted by Gasteiger charge is 2.01. The van der Waals surface area contributed by atoms with E-state index in [9.17, 15) is 0 Å². The smallest absolute Gasteiger partial charge is 0.0750 e. The lowest BCUT2D eigenvalue weighted by Gasteiger charge is -2.03. The quantitative estimate of drug-likeness (QED) is 0.485. The molecule has 0 heterocycles. The molecule has 1 aliphatic carbocycles. The second-order valence-electron chi connectivity index (χ2n) is 1.80. The van der Waals surface area contributed by atoms with Gasteiger partial charge in [0.15, 0.2) is 0 Å². The Balaban J connectivity index is 2.83. The van der Waals surface area contributed by atoms with Gasteiger partial charge in [0.1, 0.15) is 0 Å². The summed E-state index contributed by atoms with van der Waals surface area (Å²) in [5.74, 6) is 0. The molecule has 0 radical (unpaired) electrons.